The fourth-order valence-electron chi connectivity index (χ4n) is 3.22. The molecule has 3 aromatic carbocycles. The predicted octanol–water partition coefficient (Wildman–Crippen LogP) is 4.75. The summed E-state index contributed by atoms with van der Waals surface area (Å²) in [4.78, 5) is 23.7. The minimum atomic E-state index is -0.476. The molecule has 0 unspecified atom stereocenters. The Morgan fingerprint density at radius 3 is 1.80 bits per heavy atom. The van der Waals surface area contributed by atoms with Crippen LogP contribution in [0.5, 0.6) is 0 Å². The zero-order valence-electron chi connectivity index (χ0n) is 13.2. The molecule has 1 aliphatic rings. The number of fused-ring (bicyclic) bond motifs is 1. The van der Waals surface area contributed by atoms with Crippen LogP contribution in [0.3, 0.4) is 0 Å². The number of ketones is 1. The van der Waals surface area contributed by atoms with Gasteiger partial charge in [-0.25, -0.2) is 0 Å². The van der Waals surface area contributed by atoms with Crippen LogP contribution in [-0.4, -0.2) is 10.7 Å². The first kappa shape index (κ1) is 15.0. The minimum Gasteiger partial charge on any atom is -0.289 e. The number of non-ortho nitro benzene ring substituents is 1. The Kier molecular flexibility index (Phi) is 3.51. The van der Waals surface area contributed by atoms with E-state index in [1.165, 1.54) is 12.1 Å². The van der Waals surface area contributed by atoms with E-state index in [1.807, 2.05) is 60.7 Å². The molecule has 25 heavy (non-hydrogen) atoms. The summed E-state index contributed by atoms with van der Waals surface area (Å²) < 4.78 is 0. The van der Waals surface area contributed by atoms with Gasteiger partial charge < -0.3 is 0 Å². The fourth-order valence-corrected chi connectivity index (χ4v) is 3.22. The van der Waals surface area contributed by atoms with Gasteiger partial charge in [0.15, 0.2) is 5.78 Å². The van der Waals surface area contributed by atoms with Crippen LogP contribution in [0.2, 0.25) is 0 Å². The monoisotopic (exact) mass is 327 g/mol. The molecule has 4 nitrogen and oxygen atoms in total. The molecule has 0 fully saturated rings. The van der Waals surface area contributed by atoms with Crippen LogP contribution >= 0.6 is 0 Å². The van der Waals surface area contributed by atoms with E-state index in [2.05, 4.69) is 0 Å². The second kappa shape index (κ2) is 5.83. The molecule has 0 atom stereocenters. The standard InChI is InChI=1S/C21H13NO3/c23-21-18-13-16(22(24)25)11-12-17(18)19(14-7-3-1-4-8-14)20(21)15-9-5-2-6-10-15/h1-13H. The average molecular weight is 327 g/mol. The van der Waals surface area contributed by atoms with Gasteiger partial charge in [0.2, 0.25) is 0 Å². The largest absolute Gasteiger partial charge is 0.289 e. The summed E-state index contributed by atoms with van der Waals surface area (Å²) >= 11 is 0. The number of carbonyl (C=O) groups is 1. The predicted molar refractivity (Wildman–Crippen MR) is 96.2 cm³/mol. The maximum absolute atomic E-state index is 13.1. The van der Waals surface area contributed by atoms with Gasteiger partial charge in [0.1, 0.15) is 0 Å². The van der Waals surface area contributed by atoms with E-state index >= 15 is 0 Å². The zero-order chi connectivity index (χ0) is 17.4. The van der Waals surface area contributed by atoms with Crippen molar-refractivity contribution in [2.45, 2.75) is 0 Å². The summed E-state index contributed by atoms with van der Waals surface area (Å²) in [6.07, 6.45) is 0. The van der Waals surface area contributed by atoms with Crippen LogP contribution < -0.4 is 0 Å². The van der Waals surface area contributed by atoms with Gasteiger partial charge in [0.25, 0.3) is 5.69 Å². The number of nitro groups is 1. The zero-order valence-corrected chi connectivity index (χ0v) is 13.2. The number of nitro benzene ring substituents is 1. The molecule has 0 aromatic heterocycles. The quantitative estimate of drug-likeness (QED) is 0.515. The van der Waals surface area contributed by atoms with Crippen LogP contribution in [0.15, 0.2) is 78.9 Å². The molecule has 0 saturated carbocycles. The molecule has 4 heteroatoms. The van der Waals surface area contributed by atoms with Crippen molar-refractivity contribution >= 4 is 22.6 Å². The van der Waals surface area contributed by atoms with Gasteiger partial charge in [-0.15, -0.1) is 0 Å². The summed E-state index contributed by atoms with van der Waals surface area (Å²) in [6, 6.07) is 23.6. The van der Waals surface area contributed by atoms with E-state index in [9.17, 15) is 14.9 Å². The first-order valence-electron chi connectivity index (χ1n) is 7.85. The van der Waals surface area contributed by atoms with Crippen LogP contribution in [-0.2, 0) is 0 Å². The van der Waals surface area contributed by atoms with Crippen molar-refractivity contribution in [3.05, 3.63) is 111 Å². The summed E-state index contributed by atoms with van der Waals surface area (Å²) in [5, 5.41) is 11.1. The van der Waals surface area contributed by atoms with Gasteiger partial charge in [-0.2, -0.15) is 0 Å². The number of hydrogen-bond donors (Lipinski definition) is 0. The molecule has 0 amide bonds. The lowest BCUT2D eigenvalue weighted by Gasteiger charge is -2.08. The first-order valence-corrected chi connectivity index (χ1v) is 7.85. The number of allylic oxidation sites excluding steroid dienone is 1. The molecule has 0 aliphatic heterocycles. The highest BCUT2D eigenvalue weighted by Crippen LogP contribution is 2.43. The molecule has 1 aliphatic carbocycles. The third-order valence-electron chi connectivity index (χ3n) is 4.33. The van der Waals surface area contributed by atoms with E-state index in [0.29, 0.717) is 11.1 Å². The lowest BCUT2D eigenvalue weighted by atomic mass is 9.94. The Hall–Kier alpha value is -3.53. The van der Waals surface area contributed by atoms with Gasteiger partial charge in [0.05, 0.1) is 4.92 Å². The highest BCUT2D eigenvalue weighted by molar-refractivity contribution is 6.41. The third kappa shape index (κ3) is 2.44. The topological polar surface area (TPSA) is 60.2 Å². The molecular formula is C21H13NO3. The van der Waals surface area contributed by atoms with Crippen LogP contribution in [0.25, 0.3) is 11.1 Å². The van der Waals surface area contributed by atoms with Crippen molar-refractivity contribution in [1.29, 1.82) is 0 Å². The van der Waals surface area contributed by atoms with Crippen molar-refractivity contribution in [2.24, 2.45) is 0 Å². The molecule has 0 N–H and O–H groups in total. The highest BCUT2D eigenvalue weighted by atomic mass is 16.6. The van der Waals surface area contributed by atoms with Gasteiger partial charge in [0, 0.05) is 28.8 Å². The van der Waals surface area contributed by atoms with E-state index in [1.54, 1.807) is 6.07 Å². The molecule has 4 rings (SSSR count). The third-order valence-corrected chi connectivity index (χ3v) is 4.33. The summed E-state index contributed by atoms with van der Waals surface area (Å²) in [5.41, 5.74) is 4.18. The van der Waals surface area contributed by atoms with E-state index in [-0.39, 0.29) is 11.5 Å². The van der Waals surface area contributed by atoms with E-state index in [0.717, 1.165) is 22.3 Å². The van der Waals surface area contributed by atoms with Gasteiger partial charge in [-0.05, 0) is 22.8 Å². The number of carbonyl (C=O) groups excluding carboxylic acids is 1. The Balaban J connectivity index is 2.01. The Bertz CT molecular complexity index is 1020. The number of Topliss-reactive ketones (excluding diaryl/α,β-unsaturated/α-hetero) is 1. The summed E-state index contributed by atoms with van der Waals surface area (Å²) in [7, 11) is 0. The maximum Gasteiger partial charge on any atom is 0.270 e. The fraction of sp³-hybridized carbons (Fsp3) is 0. The second-order valence-electron chi connectivity index (χ2n) is 5.80. The van der Waals surface area contributed by atoms with Crippen molar-refractivity contribution in [3.63, 3.8) is 0 Å². The van der Waals surface area contributed by atoms with Crippen molar-refractivity contribution in [2.75, 3.05) is 0 Å². The molecule has 0 spiro atoms. The lowest BCUT2D eigenvalue weighted by molar-refractivity contribution is -0.384. The van der Waals surface area contributed by atoms with Crippen molar-refractivity contribution in [3.8, 4) is 0 Å². The Morgan fingerprint density at radius 2 is 1.24 bits per heavy atom. The maximum atomic E-state index is 13.1. The summed E-state index contributed by atoms with van der Waals surface area (Å²) in [5.74, 6) is -0.177. The minimum absolute atomic E-state index is 0.0752. The van der Waals surface area contributed by atoms with E-state index in [4.69, 9.17) is 0 Å². The molecule has 120 valence electrons. The Labute approximate surface area is 144 Å². The highest BCUT2D eigenvalue weighted by Gasteiger charge is 2.32. The average Bonchev–Trinajstić information content (AvgIpc) is 2.95. The normalized spacial score (nSPS) is 13.0. The molecule has 3 aromatic rings. The molecule has 0 bridgehead atoms. The van der Waals surface area contributed by atoms with Gasteiger partial charge in [-0.1, -0.05) is 60.7 Å². The van der Waals surface area contributed by atoms with Crippen molar-refractivity contribution < 1.29 is 9.72 Å². The van der Waals surface area contributed by atoms with Gasteiger partial charge in [-0.3, -0.25) is 14.9 Å². The molecule has 0 saturated heterocycles. The SMILES string of the molecule is O=C1C(c2ccccc2)=C(c2ccccc2)c2ccc([N+](=O)[O-])cc21. The van der Waals surface area contributed by atoms with Crippen LogP contribution in [0.4, 0.5) is 5.69 Å². The number of nitrogens with zero attached hydrogens (tertiary/aromatic N) is 1. The van der Waals surface area contributed by atoms with Gasteiger partial charge >= 0.3 is 0 Å². The smallest absolute Gasteiger partial charge is 0.270 e. The summed E-state index contributed by atoms with van der Waals surface area (Å²) in [6.45, 7) is 0. The van der Waals surface area contributed by atoms with Crippen LogP contribution in [0, 0.1) is 10.1 Å². The van der Waals surface area contributed by atoms with Crippen molar-refractivity contribution in [1.82, 2.24) is 0 Å². The van der Waals surface area contributed by atoms with Crippen LogP contribution in [0.1, 0.15) is 27.0 Å². The molecule has 0 heterocycles. The number of benzene rings is 3. The number of hydrogen-bond acceptors (Lipinski definition) is 3. The molecular weight excluding hydrogens is 314 g/mol. The Morgan fingerprint density at radius 1 is 0.680 bits per heavy atom. The molecule has 0 radical (unpaired) electrons. The lowest BCUT2D eigenvalue weighted by Crippen LogP contribution is -1.99. The first-order chi connectivity index (χ1) is 12.2. The van der Waals surface area contributed by atoms with E-state index < -0.39 is 4.92 Å². The second-order valence-corrected chi connectivity index (χ2v) is 5.80. The number of rotatable bonds is 3.